The fraction of sp³-hybridized carbons (Fsp3) is 0.455. The maximum absolute atomic E-state index is 11.7. The first-order chi connectivity index (χ1) is 7.56. The second-order valence-electron chi connectivity index (χ2n) is 3.69. The van der Waals surface area contributed by atoms with Crippen molar-refractivity contribution in [2.24, 2.45) is 5.73 Å². The molecule has 0 aliphatic heterocycles. The maximum Gasteiger partial charge on any atom is 0.255 e. The van der Waals surface area contributed by atoms with Crippen LogP contribution in [0.2, 0.25) is 0 Å². The lowest BCUT2D eigenvalue weighted by Crippen LogP contribution is -2.44. The molecule has 0 aromatic carbocycles. The van der Waals surface area contributed by atoms with Gasteiger partial charge in [-0.25, -0.2) is 0 Å². The highest BCUT2D eigenvalue weighted by atomic mass is 16.3. The number of primary amides is 1. The number of carbonyl (C=O) groups excluding carboxylic acids is 2. The molecule has 1 rings (SSSR count). The Labute approximate surface area is 94.0 Å². The normalized spacial score (nSPS) is 12.1. The van der Waals surface area contributed by atoms with Crippen LogP contribution in [0.5, 0.6) is 0 Å². The monoisotopic (exact) mass is 224 g/mol. The predicted molar refractivity (Wildman–Crippen MR) is 58.8 cm³/mol. The Bertz CT molecular complexity index is 384. The van der Waals surface area contributed by atoms with Crippen molar-refractivity contribution in [3.05, 3.63) is 23.7 Å². The molecule has 0 radical (unpaired) electrons. The molecular formula is C11H16N2O3. The van der Waals surface area contributed by atoms with Gasteiger partial charge in [-0.3, -0.25) is 9.59 Å². The van der Waals surface area contributed by atoms with Crippen LogP contribution >= 0.6 is 0 Å². The molecule has 0 spiro atoms. The molecule has 0 saturated carbocycles. The first-order valence-electron chi connectivity index (χ1n) is 5.19. The van der Waals surface area contributed by atoms with Crippen LogP contribution in [0.15, 0.2) is 16.9 Å². The maximum atomic E-state index is 11.7. The first-order valence-corrected chi connectivity index (χ1v) is 5.19. The molecule has 16 heavy (non-hydrogen) atoms. The summed E-state index contributed by atoms with van der Waals surface area (Å²) in [4.78, 5) is 22.8. The third-order valence-corrected chi connectivity index (χ3v) is 2.33. The van der Waals surface area contributed by atoms with E-state index < -0.39 is 11.9 Å². The Morgan fingerprint density at radius 2 is 2.19 bits per heavy atom. The molecule has 5 heteroatoms. The Kier molecular flexibility index (Phi) is 4.10. The third-order valence-electron chi connectivity index (χ3n) is 2.33. The van der Waals surface area contributed by atoms with Gasteiger partial charge in [-0.1, -0.05) is 13.3 Å². The number of hydrogen-bond acceptors (Lipinski definition) is 3. The molecular weight excluding hydrogens is 208 g/mol. The Hall–Kier alpha value is -1.78. The summed E-state index contributed by atoms with van der Waals surface area (Å²) < 4.78 is 4.89. The van der Waals surface area contributed by atoms with Gasteiger partial charge in [-0.15, -0.1) is 0 Å². The van der Waals surface area contributed by atoms with E-state index in [4.69, 9.17) is 10.2 Å². The molecule has 1 aromatic heterocycles. The number of amides is 2. The molecule has 0 unspecified atom stereocenters. The van der Waals surface area contributed by atoms with Crippen LogP contribution in [0.3, 0.4) is 0 Å². The number of furan rings is 1. The highest BCUT2D eigenvalue weighted by Crippen LogP contribution is 2.09. The van der Waals surface area contributed by atoms with Gasteiger partial charge in [0.25, 0.3) is 5.91 Å². The average molecular weight is 224 g/mol. The van der Waals surface area contributed by atoms with Gasteiger partial charge in [-0.05, 0) is 18.9 Å². The number of nitrogens with two attached hydrogens (primary N) is 1. The number of carbonyl (C=O) groups is 2. The van der Waals surface area contributed by atoms with E-state index in [1.165, 1.54) is 12.5 Å². The van der Waals surface area contributed by atoms with E-state index >= 15 is 0 Å². The Morgan fingerprint density at radius 3 is 2.62 bits per heavy atom. The lowest BCUT2D eigenvalue weighted by Gasteiger charge is -2.13. The number of hydrogen-bond donors (Lipinski definition) is 2. The predicted octanol–water partition coefficient (Wildman–Crippen LogP) is 0.972. The molecule has 0 fully saturated rings. The van der Waals surface area contributed by atoms with Crippen LogP contribution < -0.4 is 11.1 Å². The molecule has 0 aliphatic carbocycles. The van der Waals surface area contributed by atoms with Crippen LogP contribution in [0.1, 0.15) is 35.7 Å². The van der Waals surface area contributed by atoms with Crippen molar-refractivity contribution in [1.29, 1.82) is 0 Å². The third kappa shape index (κ3) is 2.85. The smallest absolute Gasteiger partial charge is 0.255 e. The van der Waals surface area contributed by atoms with Crippen LogP contribution in [-0.2, 0) is 4.79 Å². The topological polar surface area (TPSA) is 85.3 Å². The molecule has 0 bridgehead atoms. The molecule has 1 atom stereocenters. The standard InChI is InChI=1S/C11H16N2O3/c1-3-4-9(10(12)14)13-11(15)8-6-16-5-7(8)2/h5-6,9H,3-4H2,1-2H3,(H2,12,14)(H,13,15)/t9-/m0/s1. The molecule has 0 saturated heterocycles. The summed E-state index contributed by atoms with van der Waals surface area (Å²) in [6.07, 6.45) is 4.15. The van der Waals surface area contributed by atoms with Crippen LogP contribution in [0.25, 0.3) is 0 Å². The molecule has 5 nitrogen and oxygen atoms in total. The van der Waals surface area contributed by atoms with Crippen molar-refractivity contribution in [2.75, 3.05) is 0 Å². The number of nitrogens with one attached hydrogen (secondary N) is 1. The number of rotatable bonds is 5. The molecule has 3 N–H and O–H groups in total. The largest absolute Gasteiger partial charge is 0.471 e. The summed E-state index contributed by atoms with van der Waals surface area (Å²) in [5.41, 5.74) is 6.35. The lowest BCUT2D eigenvalue weighted by atomic mass is 10.1. The van der Waals surface area contributed by atoms with Crippen LogP contribution in [0.4, 0.5) is 0 Å². The van der Waals surface area contributed by atoms with E-state index in [0.717, 1.165) is 12.0 Å². The fourth-order valence-electron chi connectivity index (χ4n) is 1.40. The highest BCUT2D eigenvalue weighted by molar-refractivity contribution is 5.98. The van der Waals surface area contributed by atoms with Crippen LogP contribution in [0, 0.1) is 6.92 Å². The first kappa shape index (κ1) is 12.3. The Balaban J connectivity index is 2.69. The van der Waals surface area contributed by atoms with Gasteiger partial charge in [0.05, 0.1) is 11.8 Å². The molecule has 1 heterocycles. The van der Waals surface area contributed by atoms with Gasteiger partial charge in [0.2, 0.25) is 5.91 Å². The minimum absolute atomic E-state index is 0.330. The summed E-state index contributed by atoms with van der Waals surface area (Å²) in [7, 11) is 0. The van der Waals surface area contributed by atoms with Gasteiger partial charge >= 0.3 is 0 Å². The minimum atomic E-state index is -0.619. The summed E-state index contributed by atoms with van der Waals surface area (Å²) in [5, 5.41) is 2.59. The van der Waals surface area contributed by atoms with E-state index in [0.29, 0.717) is 12.0 Å². The van der Waals surface area contributed by atoms with Crippen LogP contribution in [-0.4, -0.2) is 17.9 Å². The van der Waals surface area contributed by atoms with Crippen molar-refractivity contribution in [1.82, 2.24) is 5.32 Å². The molecule has 1 aromatic rings. The quantitative estimate of drug-likeness (QED) is 0.781. The zero-order chi connectivity index (χ0) is 12.1. The van der Waals surface area contributed by atoms with Gasteiger partial charge < -0.3 is 15.5 Å². The van der Waals surface area contributed by atoms with E-state index in [1.54, 1.807) is 6.92 Å². The fourth-order valence-corrected chi connectivity index (χ4v) is 1.40. The van der Waals surface area contributed by atoms with Gasteiger partial charge in [0.15, 0.2) is 0 Å². The zero-order valence-corrected chi connectivity index (χ0v) is 9.45. The summed E-state index contributed by atoms with van der Waals surface area (Å²) in [5.74, 6) is -0.847. The van der Waals surface area contributed by atoms with E-state index in [2.05, 4.69) is 5.32 Å². The van der Waals surface area contributed by atoms with Crippen molar-refractivity contribution >= 4 is 11.8 Å². The summed E-state index contributed by atoms with van der Waals surface area (Å²) in [6, 6.07) is -0.619. The second-order valence-corrected chi connectivity index (χ2v) is 3.69. The van der Waals surface area contributed by atoms with E-state index in [9.17, 15) is 9.59 Å². The summed E-state index contributed by atoms with van der Waals surface area (Å²) in [6.45, 7) is 3.68. The van der Waals surface area contributed by atoms with Gasteiger partial charge in [0.1, 0.15) is 12.3 Å². The van der Waals surface area contributed by atoms with E-state index in [1.807, 2.05) is 6.92 Å². The van der Waals surface area contributed by atoms with Crippen molar-refractivity contribution in [3.8, 4) is 0 Å². The van der Waals surface area contributed by atoms with Gasteiger partial charge in [0, 0.05) is 0 Å². The van der Waals surface area contributed by atoms with E-state index in [-0.39, 0.29) is 5.91 Å². The number of aryl methyl sites for hydroxylation is 1. The molecule has 0 aliphatic rings. The molecule has 88 valence electrons. The van der Waals surface area contributed by atoms with Crippen molar-refractivity contribution in [3.63, 3.8) is 0 Å². The lowest BCUT2D eigenvalue weighted by molar-refractivity contribution is -0.120. The average Bonchev–Trinajstić information content (AvgIpc) is 2.63. The van der Waals surface area contributed by atoms with Crippen molar-refractivity contribution in [2.45, 2.75) is 32.7 Å². The highest BCUT2D eigenvalue weighted by Gasteiger charge is 2.19. The Morgan fingerprint density at radius 1 is 1.50 bits per heavy atom. The second kappa shape index (κ2) is 5.34. The minimum Gasteiger partial charge on any atom is -0.471 e. The zero-order valence-electron chi connectivity index (χ0n) is 9.45. The summed E-state index contributed by atoms with van der Waals surface area (Å²) >= 11 is 0. The SMILES string of the molecule is CCC[C@H](NC(=O)c1cocc1C)C(N)=O. The molecule has 2 amide bonds. The van der Waals surface area contributed by atoms with Gasteiger partial charge in [-0.2, -0.15) is 0 Å². The van der Waals surface area contributed by atoms with Crippen molar-refractivity contribution < 1.29 is 14.0 Å².